The number of aryl methyl sites for hydroxylation is 1. The number of nitrogens with one attached hydrogen (secondary N) is 2. The van der Waals surface area contributed by atoms with Gasteiger partial charge in [-0.15, -0.1) is 0 Å². The van der Waals surface area contributed by atoms with E-state index in [4.69, 9.17) is 14.2 Å². The van der Waals surface area contributed by atoms with Crippen molar-refractivity contribution in [3.8, 4) is 17.2 Å². The largest absolute Gasteiger partial charge is 0.496 e. The highest BCUT2D eigenvalue weighted by Gasteiger charge is 2.22. The number of carbonyl (C=O) groups is 1. The molecule has 0 bridgehead atoms. The van der Waals surface area contributed by atoms with Gasteiger partial charge >= 0.3 is 0 Å². The van der Waals surface area contributed by atoms with E-state index in [0.29, 0.717) is 35.8 Å². The summed E-state index contributed by atoms with van der Waals surface area (Å²) in [7, 11) is 0.794. The predicted octanol–water partition coefficient (Wildman–Crippen LogP) is 2.05. The lowest BCUT2D eigenvalue weighted by molar-refractivity contribution is -0.122. The second-order valence-electron chi connectivity index (χ2n) is 6.70. The molecule has 0 aliphatic heterocycles. The molecule has 0 unspecified atom stereocenters. The number of hydrogen-bond donors (Lipinski definition) is 2. The molecule has 0 aromatic heterocycles. The van der Waals surface area contributed by atoms with E-state index in [1.165, 1.54) is 26.2 Å². The molecule has 0 radical (unpaired) electrons. The molecule has 2 N–H and O–H groups in total. The first-order chi connectivity index (χ1) is 14.2. The van der Waals surface area contributed by atoms with Crippen LogP contribution in [0.3, 0.4) is 0 Å². The van der Waals surface area contributed by atoms with E-state index in [9.17, 15) is 13.2 Å². The maximum Gasteiger partial charge on any atom is 0.241 e. The van der Waals surface area contributed by atoms with Crippen molar-refractivity contribution in [3.63, 3.8) is 0 Å². The number of carbonyl (C=O) groups excluding carboxylic acids is 1. The average Bonchev–Trinajstić information content (AvgIpc) is 2.73. The summed E-state index contributed by atoms with van der Waals surface area (Å²) in [4.78, 5) is 12.4. The molecule has 2 aromatic carbocycles. The maximum absolute atomic E-state index is 12.6. The van der Waals surface area contributed by atoms with Crippen LogP contribution < -0.4 is 24.2 Å². The first-order valence-electron chi connectivity index (χ1n) is 9.37. The third-order valence-electron chi connectivity index (χ3n) is 4.56. The van der Waals surface area contributed by atoms with Gasteiger partial charge in [0.05, 0.1) is 32.3 Å². The molecule has 0 spiro atoms. The second-order valence-corrected chi connectivity index (χ2v) is 8.42. The number of benzene rings is 2. The number of amides is 1. The van der Waals surface area contributed by atoms with Crippen molar-refractivity contribution in [1.82, 2.24) is 10.0 Å². The molecule has 0 saturated heterocycles. The van der Waals surface area contributed by atoms with E-state index in [-0.39, 0.29) is 4.90 Å². The third kappa shape index (κ3) is 5.87. The topological polar surface area (TPSA) is 103 Å². The van der Waals surface area contributed by atoms with Gasteiger partial charge in [-0.2, -0.15) is 4.72 Å². The number of ether oxygens (including phenoxy) is 3. The van der Waals surface area contributed by atoms with E-state index in [1.54, 1.807) is 33.3 Å². The number of sulfonamides is 1. The molecule has 1 amide bonds. The quantitative estimate of drug-likeness (QED) is 0.591. The molecule has 2 rings (SSSR count). The fourth-order valence-corrected chi connectivity index (χ4v) is 4.18. The third-order valence-corrected chi connectivity index (χ3v) is 6.10. The van der Waals surface area contributed by atoms with Gasteiger partial charge in [-0.3, -0.25) is 4.79 Å². The fourth-order valence-electron chi connectivity index (χ4n) is 2.89. The SMILES string of the molecule is COc1ccc(S(=O)(=O)N[C@H](C)C(=O)NCCc2ccc(OC)c(OC)c2)cc1C. The van der Waals surface area contributed by atoms with Gasteiger partial charge < -0.3 is 19.5 Å². The molecule has 9 heteroatoms. The van der Waals surface area contributed by atoms with Gasteiger partial charge in [0.25, 0.3) is 0 Å². The minimum atomic E-state index is -3.84. The Hall–Kier alpha value is -2.78. The summed E-state index contributed by atoms with van der Waals surface area (Å²) in [6, 6.07) is 9.11. The first kappa shape index (κ1) is 23.5. The Balaban J connectivity index is 1.93. The molecule has 0 aliphatic rings. The lowest BCUT2D eigenvalue weighted by atomic mass is 10.1. The fraction of sp³-hybridized carbons (Fsp3) is 0.381. The number of methoxy groups -OCH3 is 3. The van der Waals surface area contributed by atoms with Gasteiger partial charge in [0.2, 0.25) is 15.9 Å². The predicted molar refractivity (Wildman–Crippen MR) is 114 cm³/mol. The van der Waals surface area contributed by atoms with Crippen molar-refractivity contribution in [2.75, 3.05) is 27.9 Å². The molecule has 0 saturated carbocycles. The van der Waals surface area contributed by atoms with E-state index < -0.39 is 22.0 Å². The van der Waals surface area contributed by atoms with Crippen LogP contribution in [0.1, 0.15) is 18.1 Å². The van der Waals surface area contributed by atoms with Crippen molar-refractivity contribution in [1.29, 1.82) is 0 Å². The Morgan fingerprint density at radius 1 is 0.967 bits per heavy atom. The zero-order chi connectivity index (χ0) is 22.3. The van der Waals surface area contributed by atoms with Crippen LogP contribution in [0.25, 0.3) is 0 Å². The van der Waals surface area contributed by atoms with Gasteiger partial charge in [-0.25, -0.2) is 8.42 Å². The standard InChI is InChI=1S/C21H28N2O6S/c1-14-12-17(7-9-18(14)27-3)30(25,26)23-15(2)21(24)22-11-10-16-6-8-19(28-4)20(13-16)29-5/h6-9,12-13,15,23H,10-11H2,1-5H3,(H,22,24)/t15-/m1/s1. The normalized spacial score (nSPS) is 12.2. The Bertz CT molecular complexity index is 991. The van der Waals surface area contributed by atoms with E-state index in [1.807, 2.05) is 12.1 Å². The van der Waals surface area contributed by atoms with Crippen molar-refractivity contribution in [2.24, 2.45) is 0 Å². The highest BCUT2D eigenvalue weighted by atomic mass is 32.2. The smallest absolute Gasteiger partial charge is 0.241 e. The number of hydrogen-bond acceptors (Lipinski definition) is 6. The van der Waals surface area contributed by atoms with Crippen molar-refractivity contribution >= 4 is 15.9 Å². The van der Waals surface area contributed by atoms with E-state index >= 15 is 0 Å². The molecule has 164 valence electrons. The molecule has 0 heterocycles. The Morgan fingerprint density at radius 3 is 2.20 bits per heavy atom. The molecule has 0 aliphatic carbocycles. The summed E-state index contributed by atoms with van der Waals surface area (Å²) in [6.07, 6.45) is 0.559. The summed E-state index contributed by atoms with van der Waals surface area (Å²) in [5.74, 6) is 1.42. The van der Waals surface area contributed by atoms with Crippen LogP contribution in [-0.2, 0) is 21.2 Å². The monoisotopic (exact) mass is 436 g/mol. The lowest BCUT2D eigenvalue weighted by Gasteiger charge is -2.15. The van der Waals surface area contributed by atoms with Crippen LogP contribution in [0.5, 0.6) is 17.2 Å². The lowest BCUT2D eigenvalue weighted by Crippen LogP contribution is -2.45. The van der Waals surface area contributed by atoms with Crippen molar-refractivity contribution in [3.05, 3.63) is 47.5 Å². The molecule has 8 nitrogen and oxygen atoms in total. The molecule has 2 aromatic rings. The average molecular weight is 437 g/mol. The van der Waals surface area contributed by atoms with Crippen LogP contribution in [0, 0.1) is 6.92 Å². The highest BCUT2D eigenvalue weighted by molar-refractivity contribution is 7.89. The van der Waals surface area contributed by atoms with Gasteiger partial charge in [-0.05, 0) is 61.7 Å². The van der Waals surface area contributed by atoms with Gasteiger partial charge in [0.1, 0.15) is 5.75 Å². The van der Waals surface area contributed by atoms with Crippen molar-refractivity contribution < 1.29 is 27.4 Å². The molecular formula is C21H28N2O6S. The summed E-state index contributed by atoms with van der Waals surface area (Å²) < 4.78 is 43.1. The summed E-state index contributed by atoms with van der Waals surface area (Å²) in [5, 5.41) is 2.74. The summed E-state index contributed by atoms with van der Waals surface area (Å²) >= 11 is 0. The van der Waals surface area contributed by atoms with E-state index in [0.717, 1.165) is 5.56 Å². The highest BCUT2D eigenvalue weighted by Crippen LogP contribution is 2.27. The maximum atomic E-state index is 12.6. The first-order valence-corrected chi connectivity index (χ1v) is 10.9. The van der Waals surface area contributed by atoms with Crippen LogP contribution in [0.2, 0.25) is 0 Å². The summed E-state index contributed by atoms with van der Waals surface area (Å²) in [5.41, 5.74) is 1.64. The van der Waals surface area contributed by atoms with E-state index in [2.05, 4.69) is 10.0 Å². The summed E-state index contributed by atoms with van der Waals surface area (Å²) in [6.45, 7) is 3.60. The van der Waals surface area contributed by atoms with Crippen LogP contribution >= 0.6 is 0 Å². The Labute approximate surface area is 177 Å². The number of rotatable bonds is 10. The van der Waals surface area contributed by atoms with Gasteiger partial charge in [0, 0.05) is 6.54 Å². The van der Waals surface area contributed by atoms with Crippen LogP contribution in [-0.4, -0.2) is 48.2 Å². The zero-order valence-electron chi connectivity index (χ0n) is 17.8. The van der Waals surface area contributed by atoms with Crippen LogP contribution in [0.15, 0.2) is 41.3 Å². The molecular weight excluding hydrogens is 408 g/mol. The Kier molecular flexibility index (Phi) is 8.08. The Morgan fingerprint density at radius 2 is 1.60 bits per heavy atom. The minimum Gasteiger partial charge on any atom is -0.496 e. The van der Waals surface area contributed by atoms with Crippen LogP contribution in [0.4, 0.5) is 0 Å². The minimum absolute atomic E-state index is 0.0748. The molecule has 0 fully saturated rings. The molecule has 30 heavy (non-hydrogen) atoms. The molecule has 1 atom stereocenters. The zero-order valence-corrected chi connectivity index (χ0v) is 18.6. The second kappa shape index (κ2) is 10.3. The van der Waals surface area contributed by atoms with Crippen molar-refractivity contribution in [2.45, 2.75) is 31.2 Å². The van der Waals surface area contributed by atoms with Gasteiger partial charge in [0.15, 0.2) is 11.5 Å². The van der Waals surface area contributed by atoms with Gasteiger partial charge in [-0.1, -0.05) is 6.07 Å².